The topological polar surface area (TPSA) is 100 Å². The van der Waals surface area contributed by atoms with Crippen LogP contribution < -0.4 is 4.72 Å². The molecule has 8 rings (SSSR count). The average Bonchev–Trinajstić information content (AvgIpc) is 3.23. The Balaban J connectivity index is 1.10. The molecule has 1 heterocycles. The van der Waals surface area contributed by atoms with Crippen molar-refractivity contribution in [3.05, 3.63) is 77.4 Å². The number of methoxy groups -OCH3 is 1. The lowest BCUT2D eigenvalue weighted by molar-refractivity contribution is -0.270. The van der Waals surface area contributed by atoms with Crippen molar-refractivity contribution < 1.29 is 32.2 Å². The van der Waals surface area contributed by atoms with Crippen LogP contribution in [0.25, 0.3) is 0 Å². The van der Waals surface area contributed by atoms with Gasteiger partial charge in [-0.3, -0.25) is 4.79 Å². The van der Waals surface area contributed by atoms with Crippen LogP contribution in [-0.4, -0.2) is 59.1 Å². The molecule has 6 aliphatic rings. The second-order valence-corrected chi connectivity index (χ2v) is 23.8. The molecule has 5 fully saturated rings. The van der Waals surface area contributed by atoms with Crippen LogP contribution in [0.3, 0.4) is 0 Å². The molecule has 1 aliphatic heterocycles. The van der Waals surface area contributed by atoms with E-state index in [1.54, 1.807) is 12.1 Å². The van der Waals surface area contributed by atoms with E-state index in [9.17, 15) is 13.2 Å². The predicted octanol–water partition coefficient (Wildman–Crippen LogP) is 10.6. The summed E-state index contributed by atoms with van der Waals surface area (Å²) in [4.78, 5) is 15.2. The van der Waals surface area contributed by atoms with Crippen LogP contribution in [0.5, 0.6) is 0 Å². The Hall–Kier alpha value is -2.56. The van der Waals surface area contributed by atoms with E-state index in [0.717, 1.165) is 81.8 Å². The summed E-state index contributed by atoms with van der Waals surface area (Å²) in [6, 6.07) is 17.2. The van der Waals surface area contributed by atoms with Crippen molar-refractivity contribution in [2.24, 2.45) is 56.7 Å². The summed E-state index contributed by atoms with van der Waals surface area (Å²) in [7, 11) is -1.93. The molecule has 4 saturated carbocycles. The molecule has 2 aromatic carbocycles. The minimum Gasteiger partial charge on any atom is -0.461 e. The molecule has 5 aliphatic carbocycles. The minimum absolute atomic E-state index is 0.0430. The second-order valence-electron chi connectivity index (χ2n) is 22.1. The van der Waals surface area contributed by atoms with E-state index in [1.807, 2.05) is 56.5 Å². The molecule has 1 saturated heterocycles. The third kappa shape index (κ3) is 7.40. The summed E-state index contributed by atoms with van der Waals surface area (Å²) >= 11 is 0. The first-order valence-electron chi connectivity index (χ1n) is 23.6. The van der Waals surface area contributed by atoms with Crippen LogP contribution in [0.4, 0.5) is 0 Å². The monoisotopic (exact) mass is 858 g/mol. The molecule has 9 heteroatoms. The van der Waals surface area contributed by atoms with Gasteiger partial charge < -0.3 is 18.9 Å². The number of carbonyl (C=O) groups excluding carboxylic acids is 1. The molecular weight excluding hydrogens is 783 g/mol. The van der Waals surface area contributed by atoms with Crippen molar-refractivity contribution in [3.63, 3.8) is 0 Å². The van der Waals surface area contributed by atoms with Gasteiger partial charge in [-0.2, -0.15) is 0 Å². The molecule has 0 aromatic heterocycles. The van der Waals surface area contributed by atoms with E-state index in [0.29, 0.717) is 55.0 Å². The number of hydrogen-bond acceptors (Lipinski definition) is 7. The summed E-state index contributed by atoms with van der Waals surface area (Å²) in [5.41, 5.74) is 1.73. The fourth-order valence-electron chi connectivity index (χ4n) is 14.7. The zero-order valence-corrected chi connectivity index (χ0v) is 39.5. The van der Waals surface area contributed by atoms with E-state index in [4.69, 9.17) is 18.9 Å². The van der Waals surface area contributed by atoms with Gasteiger partial charge in [-0.25, -0.2) is 13.1 Å². The number of aryl methyl sites for hydroxylation is 1. The summed E-state index contributed by atoms with van der Waals surface area (Å²) in [6.07, 6.45) is 12.4. The normalized spacial score (nSPS) is 38.7. The zero-order chi connectivity index (χ0) is 43.6. The molecule has 11 atom stereocenters. The van der Waals surface area contributed by atoms with Crippen LogP contribution in [0.1, 0.15) is 130 Å². The first-order chi connectivity index (χ1) is 28.9. The van der Waals surface area contributed by atoms with Gasteiger partial charge >= 0.3 is 5.97 Å². The Morgan fingerprint density at radius 2 is 1.59 bits per heavy atom. The van der Waals surface area contributed by atoms with Crippen molar-refractivity contribution in [2.45, 2.75) is 155 Å². The Labute approximate surface area is 367 Å². The maximum absolute atomic E-state index is 14.9. The van der Waals surface area contributed by atoms with Gasteiger partial charge in [0.15, 0.2) is 0 Å². The number of sulfonamides is 1. The average molecular weight is 858 g/mol. The smallest absolute Gasteiger partial charge is 0.310 e. The lowest BCUT2D eigenvalue weighted by atomic mass is 9.34. The maximum Gasteiger partial charge on any atom is 0.310 e. The molecule has 0 spiro atoms. The first kappa shape index (κ1) is 45.0. The van der Waals surface area contributed by atoms with Gasteiger partial charge in [0.2, 0.25) is 10.0 Å². The summed E-state index contributed by atoms with van der Waals surface area (Å²) < 4.78 is 57.8. The molecule has 2 bridgehead atoms. The number of nitrogens with one attached hydrogen (secondary N) is 1. The number of allylic oxidation sites excluding steroid dienone is 1. The van der Waals surface area contributed by atoms with Crippen LogP contribution in [-0.2, 0) is 40.4 Å². The van der Waals surface area contributed by atoms with Gasteiger partial charge in [0, 0.05) is 17.9 Å². The molecule has 2 aromatic rings. The van der Waals surface area contributed by atoms with Gasteiger partial charge in [-0.05, 0) is 116 Å². The maximum atomic E-state index is 14.9. The van der Waals surface area contributed by atoms with Crippen molar-refractivity contribution in [1.82, 2.24) is 4.72 Å². The first-order valence-corrected chi connectivity index (χ1v) is 25.1. The van der Waals surface area contributed by atoms with Crippen LogP contribution in [0, 0.1) is 63.6 Å². The van der Waals surface area contributed by atoms with Crippen molar-refractivity contribution in [3.8, 4) is 0 Å². The third-order valence-corrected chi connectivity index (χ3v) is 20.2. The van der Waals surface area contributed by atoms with Gasteiger partial charge in [0.25, 0.3) is 0 Å². The van der Waals surface area contributed by atoms with Crippen molar-refractivity contribution in [2.75, 3.05) is 26.9 Å². The van der Waals surface area contributed by atoms with Gasteiger partial charge in [0.05, 0.1) is 48.4 Å². The van der Waals surface area contributed by atoms with Crippen LogP contribution in [0.15, 0.2) is 71.1 Å². The number of benzene rings is 2. The molecular formula is C52H75NO7S. The summed E-state index contributed by atoms with van der Waals surface area (Å²) in [5, 5.41) is 0. The third-order valence-electron chi connectivity index (χ3n) is 18.6. The number of fused-ring (bicyclic) bond motifs is 3. The quantitative estimate of drug-likeness (QED) is 0.168. The van der Waals surface area contributed by atoms with Gasteiger partial charge in [-0.15, -0.1) is 0 Å². The van der Waals surface area contributed by atoms with Crippen LogP contribution in [0.2, 0.25) is 0 Å². The van der Waals surface area contributed by atoms with Crippen LogP contribution >= 0.6 is 0 Å². The Kier molecular flexibility index (Phi) is 12.1. The van der Waals surface area contributed by atoms with Gasteiger partial charge in [0.1, 0.15) is 6.61 Å². The van der Waals surface area contributed by atoms with E-state index in [-0.39, 0.29) is 51.2 Å². The molecule has 61 heavy (non-hydrogen) atoms. The predicted molar refractivity (Wildman–Crippen MR) is 240 cm³/mol. The highest BCUT2D eigenvalue weighted by molar-refractivity contribution is 7.89. The van der Waals surface area contributed by atoms with Gasteiger partial charge in [-0.1, -0.05) is 127 Å². The number of hydrogen-bond donors (Lipinski definition) is 1. The molecule has 1 N–H and O–H groups in total. The molecule has 0 radical (unpaired) electrons. The number of rotatable bonds is 12. The Morgan fingerprint density at radius 3 is 2.26 bits per heavy atom. The minimum atomic E-state index is -3.76. The Morgan fingerprint density at radius 1 is 0.885 bits per heavy atom. The van der Waals surface area contributed by atoms with Crippen molar-refractivity contribution >= 4 is 16.0 Å². The largest absolute Gasteiger partial charge is 0.461 e. The SMILES string of the molecule is CO[C@@H]1C[C@@]23COC[C@](C)([C@@H]2CC[C@H]2C3=CC[C@@]3(C)[C@H](C(=O)OCc4ccccc4)[C@@](C)([C@H](C)C(C)C)CC[C@]23C)[C@H]1OCC1(NS(=O)(=O)c2ccc(C)cc2)CCCCC1. The standard InChI is InChI=1S/C52H75NO7S/c1-35(2)37(4)47(5)28-29-49(7)40-22-23-43-48(6)32-58-34-52(43,41(40)24-27-50(49,8)44(47)46(54)59-31-38-16-12-10-13-17-38)30-42(57-9)45(48)60-33-51(25-14-11-15-26-51)53-61(55,56)39-20-18-36(3)19-21-39/h10,12-13,16-21,24,35,37,40,42-45,53H,11,14-15,22-23,25-34H2,1-9H3/t37-,40+,42-,43+,44-,45+,47-,48-,49-,50+,52+/m1/s1. The molecule has 336 valence electrons. The highest BCUT2D eigenvalue weighted by atomic mass is 32.2. The lowest BCUT2D eigenvalue weighted by Gasteiger charge is -2.71. The fraction of sp³-hybridized carbons (Fsp3) is 0.712. The van der Waals surface area contributed by atoms with E-state index < -0.39 is 15.6 Å². The lowest BCUT2D eigenvalue weighted by Crippen LogP contribution is -2.70. The van der Waals surface area contributed by atoms with E-state index in [1.165, 1.54) is 5.57 Å². The van der Waals surface area contributed by atoms with E-state index >= 15 is 0 Å². The molecule has 0 amide bonds. The van der Waals surface area contributed by atoms with E-state index in [2.05, 4.69) is 59.3 Å². The number of ether oxygens (including phenoxy) is 4. The Bertz CT molecular complexity index is 2050. The number of esters is 1. The van der Waals surface area contributed by atoms with Crippen molar-refractivity contribution in [1.29, 1.82) is 0 Å². The summed E-state index contributed by atoms with van der Waals surface area (Å²) in [6.45, 7) is 20.5. The highest BCUT2D eigenvalue weighted by Crippen LogP contribution is 2.75. The second kappa shape index (κ2) is 16.5. The molecule has 8 nitrogen and oxygen atoms in total. The number of carbonyl (C=O) groups is 1. The molecule has 0 unspecified atom stereocenters. The summed E-state index contributed by atoms with van der Waals surface area (Å²) in [5.74, 6) is 1.14. The fourth-order valence-corrected chi connectivity index (χ4v) is 16.1. The zero-order valence-electron chi connectivity index (χ0n) is 38.7. The highest BCUT2D eigenvalue weighted by Gasteiger charge is 2.72.